The van der Waals surface area contributed by atoms with E-state index < -0.39 is 41.5 Å². The van der Waals surface area contributed by atoms with Gasteiger partial charge >= 0.3 is 0 Å². The van der Waals surface area contributed by atoms with E-state index in [1.807, 2.05) is 60.7 Å². The van der Waals surface area contributed by atoms with Gasteiger partial charge in [0.1, 0.15) is 6.04 Å². The van der Waals surface area contributed by atoms with Gasteiger partial charge in [0, 0.05) is 31.0 Å². The second-order valence-electron chi connectivity index (χ2n) is 10.7. The van der Waals surface area contributed by atoms with Crippen LogP contribution in [0.2, 0.25) is 0 Å². The normalized spacial score (nSPS) is 18.7. The van der Waals surface area contributed by atoms with Gasteiger partial charge in [-0.3, -0.25) is 24.0 Å². The Kier molecular flexibility index (Phi) is 10.8. The lowest BCUT2D eigenvalue weighted by Gasteiger charge is -2.26. The molecule has 9 heteroatoms. The molecular weight excluding hydrogens is 520 g/mol. The molecule has 0 radical (unpaired) electrons. The number of ketones is 1. The predicted molar refractivity (Wildman–Crippen MR) is 155 cm³/mol. The van der Waals surface area contributed by atoms with Crippen LogP contribution in [0.1, 0.15) is 56.1 Å². The molecule has 0 unspecified atom stereocenters. The maximum atomic E-state index is 13.6. The van der Waals surface area contributed by atoms with Gasteiger partial charge in [0.05, 0.1) is 6.04 Å². The van der Waals surface area contributed by atoms with Crippen molar-refractivity contribution in [2.75, 3.05) is 6.54 Å². The second kappa shape index (κ2) is 14.9. The summed E-state index contributed by atoms with van der Waals surface area (Å²) in [6.07, 6.45) is 8.39. The van der Waals surface area contributed by atoms with Crippen molar-refractivity contribution in [3.63, 3.8) is 0 Å². The highest BCUT2D eigenvalue weighted by Crippen LogP contribution is 2.19. The molecule has 0 spiro atoms. The Labute approximate surface area is 240 Å². The average Bonchev–Trinajstić information content (AvgIpc) is 3.40. The van der Waals surface area contributed by atoms with E-state index >= 15 is 0 Å². The third kappa shape index (κ3) is 9.13. The molecule has 1 saturated carbocycles. The van der Waals surface area contributed by atoms with Crippen molar-refractivity contribution < 1.29 is 24.0 Å². The van der Waals surface area contributed by atoms with Crippen molar-refractivity contribution >= 4 is 35.5 Å². The molecule has 1 heterocycles. The van der Waals surface area contributed by atoms with E-state index in [0.29, 0.717) is 13.0 Å². The van der Waals surface area contributed by atoms with Gasteiger partial charge in [-0.1, -0.05) is 79.9 Å². The van der Waals surface area contributed by atoms with E-state index in [1.165, 1.54) is 6.08 Å². The largest absolute Gasteiger partial charge is 0.356 e. The molecule has 2 aromatic rings. The van der Waals surface area contributed by atoms with Crippen molar-refractivity contribution in [1.82, 2.24) is 21.3 Å². The fourth-order valence-electron chi connectivity index (χ4n) is 5.33. The lowest BCUT2D eigenvalue weighted by atomic mass is 9.93. The van der Waals surface area contributed by atoms with Crippen LogP contribution in [0.4, 0.5) is 0 Å². The third-order valence-corrected chi connectivity index (χ3v) is 7.62. The van der Waals surface area contributed by atoms with Crippen LogP contribution < -0.4 is 21.3 Å². The number of hydrogen-bond donors (Lipinski definition) is 4. The van der Waals surface area contributed by atoms with E-state index in [2.05, 4.69) is 21.3 Å². The topological polar surface area (TPSA) is 133 Å². The molecule has 2 fully saturated rings. The Balaban J connectivity index is 1.49. The van der Waals surface area contributed by atoms with Crippen molar-refractivity contribution in [3.05, 3.63) is 77.9 Å². The van der Waals surface area contributed by atoms with Crippen LogP contribution in [0.5, 0.6) is 0 Å². The molecule has 4 N–H and O–H groups in total. The van der Waals surface area contributed by atoms with Crippen LogP contribution in [0, 0.1) is 5.92 Å². The van der Waals surface area contributed by atoms with E-state index in [1.54, 1.807) is 6.08 Å². The Morgan fingerprint density at radius 2 is 1.54 bits per heavy atom. The first-order valence-corrected chi connectivity index (χ1v) is 14.4. The highest BCUT2D eigenvalue weighted by molar-refractivity contribution is 6.38. The highest BCUT2D eigenvalue weighted by atomic mass is 16.2. The molecule has 1 aliphatic heterocycles. The number of carbonyl (C=O) groups excluding carboxylic acids is 5. The summed E-state index contributed by atoms with van der Waals surface area (Å²) in [4.78, 5) is 65.1. The van der Waals surface area contributed by atoms with Gasteiger partial charge in [0.15, 0.2) is 0 Å². The maximum absolute atomic E-state index is 13.6. The van der Waals surface area contributed by atoms with Crippen molar-refractivity contribution in [2.24, 2.45) is 5.92 Å². The molecule has 216 valence electrons. The molecule has 1 aliphatic carbocycles. The van der Waals surface area contributed by atoms with Gasteiger partial charge in [-0.25, -0.2) is 0 Å². The standard InChI is InChI=1S/C32H38N4O5/c37-28(17-16-22-10-4-1-5-11-22)35-27(20-23-12-6-2-7-13-23)31(40)36-26(21-24-18-19-33-30(24)39)29(38)32(41)34-25-14-8-3-9-15-25/h1-2,4-7,10-13,16-17,24-27H,3,8-9,14-15,18-21H2,(H,33,39)(H,34,41)(H,35,37)(H,36,40)/b17-16+/t24-,26-,27-/m0/s1. The second-order valence-corrected chi connectivity index (χ2v) is 10.7. The van der Waals surface area contributed by atoms with E-state index in [4.69, 9.17) is 0 Å². The summed E-state index contributed by atoms with van der Waals surface area (Å²) in [6.45, 7) is 0.479. The van der Waals surface area contributed by atoms with Gasteiger partial charge < -0.3 is 21.3 Å². The molecule has 41 heavy (non-hydrogen) atoms. The number of rotatable bonds is 12. The number of hydrogen-bond acceptors (Lipinski definition) is 5. The first-order valence-electron chi connectivity index (χ1n) is 14.4. The molecule has 0 bridgehead atoms. The van der Waals surface area contributed by atoms with Gasteiger partial charge in [0.25, 0.3) is 5.91 Å². The van der Waals surface area contributed by atoms with Crippen molar-refractivity contribution in [2.45, 2.75) is 69.5 Å². The first kappa shape index (κ1) is 29.7. The Morgan fingerprint density at radius 3 is 2.20 bits per heavy atom. The molecule has 0 aromatic heterocycles. The van der Waals surface area contributed by atoms with Gasteiger partial charge in [-0.2, -0.15) is 0 Å². The van der Waals surface area contributed by atoms with Crippen molar-refractivity contribution in [3.8, 4) is 0 Å². The van der Waals surface area contributed by atoms with Gasteiger partial charge in [0.2, 0.25) is 23.5 Å². The summed E-state index contributed by atoms with van der Waals surface area (Å²) in [5.41, 5.74) is 1.64. The van der Waals surface area contributed by atoms with Crippen LogP contribution in [0.15, 0.2) is 66.7 Å². The Hall–Kier alpha value is -4.27. The van der Waals surface area contributed by atoms with Crippen LogP contribution >= 0.6 is 0 Å². The maximum Gasteiger partial charge on any atom is 0.289 e. The zero-order valence-corrected chi connectivity index (χ0v) is 23.1. The summed E-state index contributed by atoms with van der Waals surface area (Å²) >= 11 is 0. The Bertz CT molecular complexity index is 1240. The minimum Gasteiger partial charge on any atom is -0.356 e. The molecule has 9 nitrogen and oxygen atoms in total. The summed E-state index contributed by atoms with van der Waals surface area (Å²) in [6, 6.07) is 16.2. The van der Waals surface area contributed by atoms with Crippen LogP contribution in [-0.2, 0) is 30.4 Å². The lowest BCUT2D eigenvalue weighted by molar-refractivity contribution is -0.141. The Morgan fingerprint density at radius 1 is 0.854 bits per heavy atom. The summed E-state index contributed by atoms with van der Waals surface area (Å²) < 4.78 is 0. The molecule has 2 aliphatic rings. The van der Waals surface area contributed by atoms with E-state index in [0.717, 1.165) is 43.2 Å². The molecule has 4 rings (SSSR count). The highest BCUT2D eigenvalue weighted by Gasteiger charge is 2.36. The van der Waals surface area contributed by atoms with Crippen LogP contribution in [-0.4, -0.2) is 54.1 Å². The molecular formula is C32H38N4O5. The number of Topliss-reactive ketones (excluding diaryl/α,β-unsaturated/α-hetero) is 1. The summed E-state index contributed by atoms with van der Waals surface area (Å²) in [7, 11) is 0. The molecule has 3 atom stereocenters. The minimum atomic E-state index is -1.20. The fraction of sp³-hybridized carbons (Fsp3) is 0.406. The molecule has 4 amide bonds. The number of nitrogens with one attached hydrogen (secondary N) is 4. The van der Waals surface area contributed by atoms with Crippen LogP contribution in [0.25, 0.3) is 6.08 Å². The lowest BCUT2D eigenvalue weighted by Crippen LogP contribution is -2.55. The zero-order chi connectivity index (χ0) is 29.0. The zero-order valence-electron chi connectivity index (χ0n) is 23.1. The predicted octanol–water partition coefficient (Wildman–Crippen LogP) is 2.46. The van der Waals surface area contributed by atoms with Crippen molar-refractivity contribution in [1.29, 1.82) is 0 Å². The number of benzene rings is 2. The molecule has 1 saturated heterocycles. The number of amides is 4. The summed E-state index contributed by atoms with van der Waals surface area (Å²) in [5.74, 6) is -3.31. The number of carbonyl (C=O) groups is 5. The van der Waals surface area contributed by atoms with Gasteiger partial charge in [-0.05, 0) is 42.9 Å². The SMILES string of the molecule is O=C(/C=C/c1ccccc1)N[C@@H](Cc1ccccc1)C(=O)N[C@@H](C[C@@H]1CCNC1=O)C(=O)C(=O)NC1CCCCC1. The van der Waals surface area contributed by atoms with E-state index in [9.17, 15) is 24.0 Å². The first-order chi connectivity index (χ1) is 19.9. The van der Waals surface area contributed by atoms with E-state index in [-0.39, 0.29) is 24.8 Å². The third-order valence-electron chi connectivity index (χ3n) is 7.62. The van der Waals surface area contributed by atoms with Gasteiger partial charge in [-0.15, -0.1) is 0 Å². The molecule has 2 aromatic carbocycles. The average molecular weight is 559 g/mol. The summed E-state index contributed by atoms with van der Waals surface area (Å²) in [5, 5.41) is 11.0. The monoisotopic (exact) mass is 558 g/mol. The van der Waals surface area contributed by atoms with Crippen LogP contribution in [0.3, 0.4) is 0 Å². The smallest absolute Gasteiger partial charge is 0.289 e. The fourth-order valence-corrected chi connectivity index (χ4v) is 5.33. The quantitative estimate of drug-likeness (QED) is 0.235. The minimum absolute atomic E-state index is 0.00834.